The Kier molecular flexibility index (Phi) is 3.54. The molecular weight excluding hydrogens is 178 g/mol. The van der Waals surface area contributed by atoms with Crippen LogP contribution in [0.1, 0.15) is 32.6 Å². The van der Waals surface area contributed by atoms with Crippen molar-refractivity contribution in [3.05, 3.63) is 0 Å². The Hall–Kier alpha value is -1.01. The first-order valence-corrected chi connectivity index (χ1v) is 4.99. The molecule has 1 N–H and O–H groups in total. The summed E-state index contributed by atoms with van der Waals surface area (Å²) in [4.78, 5) is 13.2. The van der Waals surface area contributed by atoms with Crippen LogP contribution >= 0.6 is 0 Å². The molecule has 1 saturated heterocycles. The van der Waals surface area contributed by atoms with Gasteiger partial charge in [-0.2, -0.15) is 0 Å². The maximum absolute atomic E-state index is 11.5. The Bertz CT molecular complexity index is 253. The summed E-state index contributed by atoms with van der Waals surface area (Å²) in [5.41, 5.74) is -0.620. The minimum absolute atomic E-state index is 0.00481. The molecule has 1 rings (SSSR count). The first kappa shape index (κ1) is 11.1. The van der Waals surface area contributed by atoms with Gasteiger partial charge in [0.25, 0.3) is 0 Å². The molecule has 1 aliphatic heterocycles. The number of carbonyl (C=O) groups is 1. The highest BCUT2D eigenvalue weighted by Crippen LogP contribution is 2.21. The third kappa shape index (κ3) is 3.04. The van der Waals surface area contributed by atoms with Crippen LogP contribution in [-0.4, -0.2) is 34.6 Å². The molecule has 1 atom stereocenters. The predicted octanol–water partition coefficient (Wildman–Crippen LogP) is 0.773. The minimum atomic E-state index is -0.620. The molecule has 0 radical (unpaired) electrons. The Balaban J connectivity index is 2.50. The molecule has 78 valence electrons. The van der Waals surface area contributed by atoms with Crippen LogP contribution in [0.4, 0.5) is 0 Å². The average molecular weight is 195 g/mol. The van der Waals surface area contributed by atoms with E-state index >= 15 is 0 Å². The van der Waals surface area contributed by atoms with Crippen molar-refractivity contribution in [3.63, 3.8) is 0 Å². The highest BCUT2D eigenvalue weighted by molar-refractivity contribution is 5.78. The van der Waals surface area contributed by atoms with E-state index in [4.69, 9.17) is 6.42 Å². The molecule has 1 unspecified atom stereocenters. The van der Waals surface area contributed by atoms with Gasteiger partial charge in [0.1, 0.15) is 0 Å². The Morgan fingerprint density at radius 2 is 2.29 bits per heavy atom. The summed E-state index contributed by atoms with van der Waals surface area (Å²) in [7, 11) is 0. The number of terminal acetylenes is 1. The van der Waals surface area contributed by atoms with Crippen LogP contribution in [0.2, 0.25) is 0 Å². The van der Waals surface area contributed by atoms with Crippen molar-refractivity contribution in [1.29, 1.82) is 0 Å². The normalized spacial score (nSPS) is 27.9. The molecule has 0 aromatic carbocycles. The van der Waals surface area contributed by atoms with E-state index in [2.05, 4.69) is 5.92 Å². The molecule has 1 heterocycles. The van der Waals surface area contributed by atoms with Crippen molar-refractivity contribution < 1.29 is 9.90 Å². The summed E-state index contributed by atoms with van der Waals surface area (Å²) in [5, 5.41) is 9.81. The topological polar surface area (TPSA) is 40.5 Å². The molecule has 0 aliphatic carbocycles. The zero-order valence-corrected chi connectivity index (χ0v) is 8.62. The lowest BCUT2D eigenvalue weighted by atomic mass is 9.98. The lowest BCUT2D eigenvalue weighted by molar-refractivity contribution is -0.130. The summed E-state index contributed by atoms with van der Waals surface area (Å²) in [6, 6.07) is 0. The van der Waals surface area contributed by atoms with E-state index < -0.39 is 5.60 Å². The molecule has 3 nitrogen and oxygen atoms in total. The van der Waals surface area contributed by atoms with Crippen LogP contribution in [0.25, 0.3) is 0 Å². The van der Waals surface area contributed by atoms with Crippen LogP contribution < -0.4 is 0 Å². The van der Waals surface area contributed by atoms with Gasteiger partial charge in [-0.1, -0.05) is 5.92 Å². The minimum Gasteiger partial charge on any atom is -0.390 e. The molecule has 3 heteroatoms. The fourth-order valence-electron chi connectivity index (χ4n) is 1.71. The number of rotatable bonds is 1. The van der Waals surface area contributed by atoms with Gasteiger partial charge in [0.05, 0.1) is 12.0 Å². The SMILES string of the molecule is C#CCC(=O)N1CCCC(C)(O)CC1. The zero-order chi connectivity index (χ0) is 10.6. The van der Waals surface area contributed by atoms with Gasteiger partial charge in [-0.05, 0) is 26.2 Å². The summed E-state index contributed by atoms with van der Waals surface area (Å²) in [6.07, 6.45) is 7.50. The first-order chi connectivity index (χ1) is 6.55. The lowest BCUT2D eigenvalue weighted by Gasteiger charge is -2.21. The van der Waals surface area contributed by atoms with Gasteiger partial charge in [-0.3, -0.25) is 4.79 Å². The second kappa shape index (κ2) is 4.47. The molecule has 1 aliphatic rings. The molecule has 0 saturated carbocycles. The van der Waals surface area contributed by atoms with E-state index in [1.807, 2.05) is 6.92 Å². The molecule has 0 bridgehead atoms. The number of likely N-dealkylation sites (tertiary alicyclic amines) is 1. The van der Waals surface area contributed by atoms with Crippen LogP contribution in [0.3, 0.4) is 0 Å². The second-order valence-electron chi connectivity index (χ2n) is 4.11. The highest BCUT2D eigenvalue weighted by atomic mass is 16.3. The van der Waals surface area contributed by atoms with E-state index in [1.165, 1.54) is 0 Å². The Labute approximate surface area is 85.1 Å². The third-order valence-electron chi connectivity index (χ3n) is 2.67. The summed E-state index contributed by atoms with van der Waals surface area (Å²) in [5.74, 6) is 2.36. The molecule has 0 aromatic rings. The van der Waals surface area contributed by atoms with Crippen molar-refractivity contribution in [2.24, 2.45) is 0 Å². The standard InChI is InChI=1S/C11H17NO2/c1-3-5-10(13)12-8-4-6-11(2,14)7-9-12/h1,14H,4-9H2,2H3. The number of carbonyl (C=O) groups excluding carboxylic acids is 1. The number of nitrogens with zero attached hydrogens (tertiary/aromatic N) is 1. The van der Waals surface area contributed by atoms with Gasteiger partial charge in [0.2, 0.25) is 5.91 Å². The molecule has 1 amide bonds. The molecule has 1 fully saturated rings. The van der Waals surface area contributed by atoms with Crippen LogP contribution in [0.15, 0.2) is 0 Å². The first-order valence-electron chi connectivity index (χ1n) is 4.99. The fourth-order valence-corrected chi connectivity index (χ4v) is 1.71. The van der Waals surface area contributed by atoms with Crippen LogP contribution in [0, 0.1) is 12.3 Å². The van der Waals surface area contributed by atoms with E-state index in [0.717, 1.165) is 19.4 Å². The summed E-state index contributed by atoms with van der Waals surface area (Å²) < 4.78 is 0. The maximum Gasteiger partial charge on any atom is 0.234 e. The molecule has 14 heavy (non-hydrogen) atoms. The maximum atomic E-state index is 11.5. The predicted molar refractivity (Wildman–Crippen MR) is 54.5 cm³/mol. The van der Waals surface area contributed by atoms with Gasteiger partial charge in [0.15, 0.2) is 0 Å². The summed E-state index contributed by atoms with van der Waals surface area (Å²) in [6.45, 7) is 3.16. The van der Waals surface area contributed by atoms with Gasteiger partial charge in [0, 0.05) is 13.1 Å². The molecular formula is C11H17NO2. The summed E-state index contributed by atoms with van der Waals surface area (Å²) >= 11 is 0. The quantitative estimate of drug-likeness (QED) is 0.628. The monoisotopic (exact) mass is 195 g/mol. The lowest BCUT2D eigenvalue weighted by Crippen LogP contribution is -2.33. The Morgan fingerprint density at radius 1 is 1.57 bits per heavy atom. The van der Waals surface area contributed by atoms with Crippen LogP contribution in [0.5, 0.6) is 0 Å². The van der Waals surface area contributed by atoms with Crippen molar-refractivity contribution in [2.45, 2.75) is 38.2 Å². The van der Waals surface area contributed by atoms with Crippen LogP contribution in [-0.2, 0) is 4.79 Å². The smallest absolute Gasteiger partial charge is 0.234 e. The van der Waals surface area contributed by atoms with Gasteiger partial charge in [-0.25, -0.2) is 0 Å². The average Bonchev–Trinajstić information content (AvgIpc) is 2.27. The number of hydrogen-bond donors (Lipinski definition) is 1. The number of amides is 1. The number of hydrogen-bond acceptors (Lipinski definition) is 2. The second-order valence-corrected chi connectivity index (χ2v) is 4.11. The molecule has 0 aromatic heterocycles. The van der Waals surface area contributed by atoms with Crippen molar-refractivity contribution in [1.82, 2.24) is 4.90 Å². The van der Waals surface area contributed by atoms with Crippen molar-refractivity contribution in [3.8, 4) is 12.3 Å². The van der Waals surface area contributed by atoms with E-state index in [-0.39, 0.29) is 12.3 Å². The number of aliphatic hydroxyl groups is 1. The zero-order valence-electron chi connectivity index (χ0n) is 8.62. The van der Waals surface area contributed by atoms with E-state index in [1.54, 1.807) is 4.90 Å². The fraction of sp³-hybridized carbons (Fsp3) is 0.727. The molecule has 0 spiro atoms. The third-order valence-corrected chi connectivity index (χ3v) is 2.67. The largest absolute Gasteiger partial charge is 0.390 e. The van der Waals surface area contributed by atoms with Gasteiger partial charge < -0.3 is 10.0 Å². The van der Waals surface area contributed by atoms with Crippen molar-refractivity contribution in [2.75, 3.05) is 13.1 Å². The van der Waals surface area contributed by atoms with Gasteiger partial charge >= 0.3 is 0 Å². The van der Waals surface area contributed by atoms with Crippen molar-refractivity contribution >= 4 is 5.91 Å². The van der Waals surface area contributed by atoms with E-state index in [9.17, 15) is 9.90 Å². The van der Waals surface area contributed by atoms with Gasteiger partial charge in [-0.15, -0.1) is 6.42 Å². The van der Waals surface area contributed by atoms with E-state index in [0.29, 0.717) is 13.0 Å². The Morgan fingerprint density at radius 3 is 2.93 bits per heavy atom. The highest BCUT2D eigenvalue weighted by Gasteiger charge is 2.26.